The van der Waals surface area contributed by atoms with Crippen molar-refractivity contribution in [2.75, 3.05) is 20.2 Å². The predicted molar refractivity (Wildman–Crippen MR) is 87.4 cm³/mol. The van der Waals surface area contributed by atoms with Gasteiger partial charge < -0.3 is 4.74 Å². The van der Waals surface area contributed by atoms with E-state index in [1.165, 1.54) is 19.1 Å². The normalized spacial score (nSPS) is 10.9. The molecule has 24 heavy (non-hydrogen) atoms. The molecule has 0 saturated carbocycles. The SMILES string of the molecule is Cc1ncc(-c2ccc(F)c(C)c2F)cc1CN(C)CCOC=O. The first kappa shape index (κ1) is 18.0. The van der Waals surface area contributed by atoms with Crippen LogP contribution in [0.25, 0.3) is 11.1 Å². The summed E-state index contributed by atoms with van der Waals surface area (Å²) in [6.45, 7) is 5.17. The third-order valence-corrected chi connectivity index (χ3v) is 3.92. The number of likely N-dealkylation sites (N-methyl/N-ethyl adjacent to an activating group) is 1. The van der Waals surface area contributed by atoms with Crippen LogP contribution < -0.4 is 0 Å². The number of aromatic nitrogens is 1. The maximum Gasteiger partial charge on any atom is 0.293 e. The second-order valence-corrected chi connectivity index (χ2v) is 5.71. The zero-order valence-corrected chi connectivity index (χ0v) is 14.0. The molecule has 0 amide bonds. The van der Waals surface area contributed by atoms with Gasteiger partial charge in [-0.1, -0.05) is 0 Å². The summed E-state index contributed by atoms with van der Waals surface area (Å²) in [6.07, 6.45) is 1.59. The van der Waals surface area contributed by atoms with E-state index in [1.54, 1.807) is 6.20 Å². The molecule has 0 aliphatic rings. The van der Waals surface area contributed by atoms with E-state index in [1.807, 2.05) is 24.9 Å². The van der Waals surface area contributed by atoms with E-state index >= 15 is 0 Å². The van der Waals surface area contributed by atoms with E-state index in [9.17, 15) is 13.6 Å². The fraction of sp³-hybridized carbons (Fsp3) is 0.333. The number of aryl methyl sites for hydroxylation is 1. The van der Waals surface area contributed by atoms with Crippen LogP contribution in [0.3, 0.4) is 0 Å². The van der Waals surface area contributed by atoms with E-state index in [0.29, 0.717) is 37.3 Å². The van der Waals surface area contributed by atoms with E-state index in [4.69, 9.17) is 0 Å². The van der Waals surface area contributed by atoms with Gasteiger partial charge in [0.05, 0.1) is 0 Å². The molecule has 0 radical (unpaired) electrons. The predicted octanol–water partition coefficient (Wildman–Crippen LogP) is 3.25. The zero-order chi connectivity index (χ0) is 17.7. The fourth-order valence-electron chi connectivity index (χ4n) is 2.40. The Morgan fingerprint density at radius 1 is 1.29 bits per heavy atom. The number of benzene rings is 1. The van der Waals surface area contributed by atoms with Crippen LogP contribution in [0, 0.1) is 25.5 Å². The molecular weight excluding hydrogens is 314 g/mol. The van der Waals surface area contributed by atoms with Crippen LogP contribution in [0.15, 0.2) is 24.4 Å². The van der Waals surface area contributed by atoms with Crippen molar-refractivity contribution < 1.29 is 18.3 Å². The Morgan fingerprint density at radius 2 is 2.04 bits per heavy atom. The van der Waals surface area contributed by atoms with Gasteiger partial charge in [0.25, 0.3) is 6.47 Å². The number of ether oxygens (including phenoxy) is 1. The number of carbonyl (C=O) groups is 1. The number of hydrogen-bond acceptors (Lipinski definition) is 4. The van der Waals surface area contributed by atoms with Crippen LogP contribution in [0.5, 0.6) is 0 Å². The van der Waals surface area contributed by atoms with Crippen LogP contribution >= 0.6 is 0 Å². The number of nitrogens with zero attached hydrogens (tertiary/aromatic N) is 2. The van der Waals surface area contributed by atoms with Crippen LogP contribution in [0.1, 0.15) is 16.8 Å². The quantitative estimate of drug-likeness (QED) is 0.576. The molecule has 0 N–H and O–H groups in total. The number of hydrogen-bond donors (Lipinski definition) is 0. The third kappa shape index (κ3) is 4.14. The lowest BCUT2D eigenvalue weighted by Crippen LogP contribution is -2.23. The number of rotatable bonds is 7. The molecule has 4 nitrogen and oxygen atoms in total. The summed E-state index contributed by atoms with van der Waals surface area (Å²) < 4.78 is 32.4. The number of pyridine rings is 1. The minimum atomic E-state index is -0.570. The van der Waals surface area contributed by atoms with Crippen molar-refractivity contribution in [1.82, 2.24) is 9.88 Å². The first-order valence-electron chi connectivity index (χ1n) is 7.58. The van der Waals surface area contributed by atoms with Crippen LogP contribution in [-0.2, 0) is 16.1 Å². The van der Waals surface area contributed by atoms with Gasteiger partial charge in [0.2, 0.25) is 0 Å². The zero-order valence-electron chi connectivity index (χ0n) is 14.0. The van der Waals surface area contributed by atoms with Gasteiger partial charge in [-0.2, -0.15) is 0 Å². The summed E-state index contributed by atoms with van der Waals surface area (Å²) in [7, 11) is 1.89. The van der Waals surface area contributed by atoms with Crippen molar-refractivity contribution >= 4 is 6.47 Å². The standard InChI is InChI=1S/C18H20F2N2O2/c1-12-17(19)5-4-16(18(12)20)14-8-15(13(2)21-9-14)10-22(3)6-7-24-11-23/h4-5,8-9,11H,6-7,10H2,1-3H3. The smallest absolute Gasteiger partial charge is 0.293 e. The molecule has 2 rings (SSSR count). The first-order chi connectivity index (χ1) is 11.4. The van der Waals surface area contributed by atoms with Gasteiger partial charge in [-0.25, -0.2) is 8.78 Å². The minimum absolute atomic E-state index is 0.00208. The molecular formula is C18H20F2N2O2. The van der Waals surface area contributed by atoms with Gasteiger partial charge in [0, 0.05) is 41.7 Å². The van der Waals surface area contributed by atoms with Crippen LogP contribution in [0.4, 0.5) is 8.78 Å². The Bertz CT molecular complexity index is 735. The van der Waals surface area contributed by atoms with Crippen molar-refractivity contribution in [2.45, 2.75) is 20.4 Å². The summed E-state index contributed by atoms with van der Waals surface area (Å²) >= 11 is 0. The monoisotopic (exact) mass is 334 g/mol. The molecule has 2 aromatic rings. The third-order valence-electron chi connectivity index (χ3n) is 3.92. The fourth-order valence-corrected chi connectivity index (χ4v) is 2.40. The van der Waals surface area contributed by atoms with Gasteiger partial charge in [0.15, 0.2) is 0 Å². The highest BCUT2D eigenvalue weighted by Gasteiger charge is 2.13. The molecule has 128 valence electrons. The van der Waals surface area contributed by atoms with Crippen LogP contribution in [0.2, 0.25) is 0 Å². The van der Waals surface area contributed by atoms with E-state index in [0.717, 1.165) is 11.3 Å². The highest BCUT2D eigenvalue weighted by atomic mass is 19.1. The Kier molecular flexibility index (Phi) is 5.98. The molecule has 0 aliphatic carbocycles. The Morgan fingerprint density at radius 3 is 2.75 bits per heavy atom. The highest BCUT2D eigenvalue weighted by molar-refractivity contribution is 5.65. The summed E-state index contributed by atoms with van der Waals surface area (Å²) in [5, 5.41) is 0. The maximum atomic E-state index is 14.3. The van der Waals surface area contributed by atoms with Crippen molar-refractivity contribution in [3.05, 3.63) is 52.9 Å². The first-order valence-corrected chi connectivity index (χ1v) is 7.58. The van der Waals surface area contributed by atoms with Gasteiger partial charge >= 0.3 is 0 Å². The van der Waals surface area contributed by atoms with E-state index in [-0.39, 0.29) is 5.56 Å². The lowest BCUT2D eigenvalue weighted by molar-refractivity contribution is -0.129. The second-order valence-electron chi connectivity index (χ2n) is 5.71. The molecule has 0 saturated heterocycles. The number of carbonyl (C=O) groups excluding carboxylic acids is 1. The molecule has 0 fully saturated rings. The van der Waals surface area contributed by atoms with Crippen molar-refractivity contribution in [3.8, 4) is 11.1 Å². The van der Waals surface area contributed by atoms with Gasteiger partial charge in [-0.15, -0.1) is 0 Å². The molecule has 1 aromatic carbocycles. The second kappa shape index (κ2) is 7.97. The average molecular weight is 334 g/mol. The number of halogens is 2. The topological polar surface area (TPSA) is 42.4 Å². The average Bonchev–Trinajstić information content (AvgIpc) is 2.55. The Hall–Kier alpha value is -2.34. The van der Waals surface area contributed by atoms with Crippen LogP contribution in [-0.4, -0.2) is 36.6 Å². The minimum Gasteiger partial charge on any atom is -0.467 e. The van der Waals surface area contributed by atoms with Gasteiger partial charge in [-0.05, 0) is 44.7 Å². The largest absolute Gasteiger partial charge is 0.467 e. The van der Waals surface area contributed by atoms with E-state index in [2.05, 4.69) is 9.72 Å². The van der Waals surface area contributed by atoms with Crippen molar-refractivity contribution in [2.24, 2.45) is 0 Å². The molecule has 0 aliphatic heterocycles. The lowest BCUT2D eigenvalue weighted by Gasteiger charge is -2.18. The van der Waals surface area contributed by atoms with Gasteiger partial charge in [0.1, 0.15) is 18.2 Å². The Balaban J connectivity index is 2.25. The molecule has 0 atom stereocenters. The molecule has 0 unspecified atom stereocenters. The van der Waals surface area contributed by atoms with Crippen molar-refractivity contribution in [1.29, 1.82) is 0 Å². The molecule has 6 heteroatoms. The summed E-state index contributed by atoms with van der Waals surface area (Å²) in [6, 6.07) is 4.54. The summed E-state index contributed by atoms with van der Waals surface area (Å²) in [5.41, 5.74) is 2.70. The Labute approximate surface area is 140 Å². The molecule has 0 bridgehead atoms. The van der Waals surface area contributed by atoms with Crippen molar-refractivity contribution in [3.63, 3.8) is 0 Å². The van der Waals surface area contributed by atoms with E-state index < -0.39 is 11.6 Å². The molecule has 1 aromatic heterocycles. The molecule has 1 heterocycles. The maximum absolute atomic E-state index is 14.3. The molecule has 0 spiro atoms. The van der Waals surface area contributed by atoms with Gasteiger partial charge in [-0.3, -0.25) is 14.7 Å². The lowest BCUT2D eigenvalue weighted by atomic mass is 10.0. The summed E-state index contributed by atoms with van der Waals surface area (Å²) in [4.78, 5) is 16.5. The summed E-state index contributed by atoms with van der Waals surface area (Å²) in [5.74, 6) is -1.13. The highest BCUT2D eigenvalue weighted by Crippen LogP contribution is 2.27.